The Labute approximate surface area is 211 Å². The van der Waals surface area contributed by atoms with Gasteiger partial charge < -0.3 is 9.64 Å². The van der Waals surface area contributed by atoms with Crippen LogP contribution in [0.25, 0.3) is 0 Å². The molecule has 190 valence electrons. The van der Waals surface area contributed by atoms with Crippen molar-refractivity contribution < 1.29 is 13.2 Å². The molecule has 0 amide bonds. The summed E-state index contributed by atoms with van der Waals surface area (Å²) in [6.45, 7) is 5.45. The average molecular weight is 522 g/mol. The van der Waals surface area contributed by atoms with Crippen molar-refractivity contribution >= 4 is 33.2 Å². The Morgan fingerprint density at radius 1 is 0.909 bits per heavy atom. The molecule has 8 heteroatoms. The van der Waals surface area contributed by atoms with Crippen molar-refractivity contribution in [3.05, 3.63) is 28.2 Å². The van der Waals surface area contributed by atoms with E-state index in [0.717, 1.165) is 38.7 Å². The van der Waals surface area contributed by atoms with Crippen molar-refractivity contribution in [3.63, 3.8) is 0 Å². The zero-order chi connectivity index (χ0) is 24.3. The fourth-order valence-corrected chi connectivity index (χ4v) is 6.21. The molecule has 0 saturated heterocycles. The largest absolute Gasteiger partial charge is 0.378 e. The van der Waals surface area contributed by atoms with E-state index in [4.69, 9.17) is 27.9 Å². The third-order valence-corrected chi connectivity index (χ3v) is 9.30. The Morgan fingerprint density at radius 2 is 1.55 bits per heavy atom. The van der Waals surface area contributed by atoms with Gasteiger partial charge in [-0.25, -0.2) is 8.42 Å². The zero-order valence-corrected chi connectivity index (χ0v) is 22.9. The second-order valence-electron chi connectivity index (χ2n) is 9.32. The van der Waals surface area contributed by atoms with Crippen LogP contribution in [0, 0.1) is 0 Å². The molecule has 0 aromatic heterocycles. The number of hydrogen-bond acceptors (Lipinski definition) is 4. The van der Waals surface area contributed by atoms with Crippen molar-refractivity contribution in [3.8, 4) is 0 Å². The maximum absolute atomic E-state index is 13.0. The van der Waals surface area contributed by atoms with Crippen molar-refractivity contribution in [1.82, 2.24) is 9.21 Å². The predicted octanol–water partition coefficient (Wildman–Crippen LogP) is 6.62. The second-order valence-corrected chi connectivity index (χ2v) is 12.1. The van der Waals surface area contributed by atoms with Crippen LogP contribution in [0.5, 0.6) is 0 Å². The second kappa shape index (κ2) is 14.9. The van der Waals surface area contributed by atoms with Crippen molar-refractivity contribution in [2.45, 2.75) is 94.6 Å². The summed E-state index contributed by atoms with van der Waals surface area (Å²) in [6, 6.07) is 4.45. The van der Waals surface area contributed by atoms with Crippen LogP contribution >= 0.6 is 23.2 Å². The van der Waals surface area contributed by atoms with Crippen LogP contribution in [0.1, 0.15) is 77.6 Å². The molecule has 0 aliphatic heterocycles. The van der Waals surface area contributed by atoms with E-state index < -0.39 is 10.0 Å². The molecule has 0 unspecified atom stereocenters. The third-order valence-electron chi connectivity index (χ3n) is 6.66. The maximum atomic E-state index is 13.0. The summed E-state index contributed by atoms with van der Waals surface area (Å²) < 4.78 is 33.5. The van der Waals surface area contributed by atoms with Crippen LogP contribution in [-0.4, -0.2) is 63.6 Å². The van der Waals surface area contributed by atoms with E-state index >= 15 is 0 Å². The maximum Gasteiger partial charge on any atom is 0.243 e. The topological polar surface area (TPSA) is 49.9 Å². The average Bonchev–Trinajstić information content (AvgIpc) is 2.80. The Kier molecular flexibility index (Phi) is 13.0. The van der Waals surface area contributed by atoms with Crippen molar-refractivity contribution in [2.75, 3.05) is 33.8 Å². The van der Waals surface area contributed by atoms with E-state index in [-0.39, 0.29) is 22.1 Å². The van der Waals surface area contributed by atoms with Gasteiger partial charge in [-0.2, -0.15) is 4.31 Å². The van der Waals surface area contributed by atoms with E-state index in [0.29, 0.717) is 5.02 Å². The molecule has 0 spiro atoms. The van der Waals surface area contributed by atoms with Gasteiger partial charge in [0.15, 0.2) is 0 Å². The molecule has 1 aromatic carbocycles. The van der Waals surface area contributed by atoms with Gasteiger partial charge >= 0.3 is 0 Å². The minimum absolute atomic E-state index is 0.0152. The van der Waals surface area contributed by atoms with Crippen LogP contribution in [0.15, 0.2) is 23.1 Å². The molecule has 1 aliphatic rings. The first-order valence-electron chi connectivity index (χ1n) is 12.5. The molecule has 5 nitrogen and oxygen atoms in total. The lowest BCUT2D eigenvalue weighted by Crippen LogP contribution is -2.40. The van der Waals surface area contributed by atoms with E-state index in [1.807, 2.05) is 0 Å². The fraction of sp³-hybridized carbons (Fsp3) is 0.760. The molecule has 1 aliphatic carbocycles. The minimum Gasteiger partial charge on any atom is -0.378 e. The van der Waals surface area contributed by atoms with Crippen molar-refractivity contribution in [1.29, 1.82) is 0 Å². The lowest BCUT2D eigenvalue weighted by molar-refractivity contribution is 0.0156. The highest BCUT2D eigenvalue weighted by Crippen LogP contribution is 2.30. The van der Waals surface area contributed by atoms with Crippen LogP contribution < -0.4 is 0 Å². The number of rotatable bonds is 15. The molecular weight excluding hydrogens is 479 g/mol. The molecule has 1 fully saturated rings. The zero-order valence-electron chi connectivity index (χ0n) is 20.6. The standard InChI is InChI=1S/C25H42Cl2N2O3S/c1-4-5-8-17-28(2)18-9-6-7-10-19-32-22-13-11-21(12-14-22)29(3)33(30,31)23-15-16-24(26)25(27)20-23/h15-16,20-22H,4-14,17-19H2,1-3H3/t21-,22-. The van der Waals surface area contributed by atoms with Crippen molar-refractivity contribution in [2.24, 2.45) is 0 Å². The molecule has 1 saturated carbocycles. The highest BCUT2D eigenvalue weighted by atomic mass is 35.5. The Balaban J connectivity index is 1.61. The molecule has 0 heterocycles. The Hall–Kier alpha value is -0.370. The number of benzene rings is 1. The summed E-state index contributed by atoms with van der Waals surface area (Å²) in [5, 5.41) is 0.605. The molecule has 0 atom stereocenters. The van der Waals surface area contributed by atoms with E-state index in [1.165, 1.54) is 74.1 Å². The lowest BCUT2D eigenvalue weighted by Gasteiger charge is -2.34. The Morgan fingerprint density at radius 3 is 2.18 bits per heavy atom. The van der Waals surface area contributed by atoms with Crippen LogP contribution in [0.3, 0.4) is 0 Å². The molecule has 1 aromatic rings. The predicted molar refractivity (Wildman–Crippen MR) is 139 cm³/mol. The summed E-state index contributed by atoms with van der Waals surface area (Å²) in [5.41, 5.74) is 0. The van der Waals surface area contributed by atoms with E-state index in [2.05, 4.69) is 18.9 Å². The molecule has 2 rings (SSSR count). The smallest absolute Gasteiger partial charge is 0.243 e. The van der Waals surface area contributed by atoms with Crippen LogP contribution in [0.4, 0.5) is 0 Å². The summed E-state index contributed by atoms with van der Waals surface area (Å²) in [6.07, 6.45) is 12.4. The quantitative estimate of drug-likeness (QED) is 0.243. The lowest BCUT2D eigenvalue weighted by atomic mass is 9.93. The van der Waals surface area contributed by atoms with Gasteiger partial charge in [0.25, 0.3) is 0 Å². The van der Waals surface area contributed by atoms with Gasteiger partial charge in [-0.1, -0.05) is 55.8 Å². The van der Waals surface area contributed by atoms with Gasteiger partial charge in [-0.05, 0) is 83.3 Å². The number of ether oxygens (including phenoxy) is 1. The summed E-state index contributed by atoms with van der Waals surface area (Å²) >= 11 is 12.0. The van der Waals surface area contributed by atoms with Gasteiger partial charge in [-0.3, -0.25) is 0 Å². The molecule has 0 bridgehead atoms. The number of hydrogen-bond donors (Lipinski definition) is 0. The summed E-state index contributed by atoms with van der Waals surface area (Å²) in [4.78, 5) is 2.63. The van der Waals surface area contributed by atoms with E-state index in [1.54, 1.807) is 7.05 Å². The number of nitrogens with zero attached hydrogens (tertiary/aromatic N) is 2. The first-order chi connectivity index (χ1) is 15.8. The first-order valence-corrected chi connectivity index (χ1v) is 14.7. The van der Waals surface area contributed by atoms with Gasteiger partial charge in [0.2, 0.25) is 10.0 Å². The molecular formula is C25H42Cl2N2O3S. The fourth-order valence-electron chi connectivity index (χ4n) is 4.41. The van der Waals surface area contributed by atoms with Gasteiger partial charge in [0.1, 0.15) is 0 Å². The van der Waals surface area contributed by atoms with Gasteiger partial charge in [0, 0.05) is 19.7 Å². The first kappa shape index (κ1) is 28.9. The summed E-state index contributed by atoms with van der Waals surface area (Å²) in [5.74, 6) is 0. The minimum atomic E-state index is -3.59. The van der Waals surface area contributed by atoms with Gasteiger partial charge in [0.05, 0.1) is 21.0 Å². The monoisotopic (exact) mass is 520 g/mol. The van der Waals surface area contributed by atoms with Crippen LogP contribution in [-0.2, 0) is 14.8 Å². The normalized spacial score (nSPS) is 19.5. The number of sulfonamides is 1. The Bertz CT molecular complexity index is 799. The SMILES string of the molecule is CCCCCN(C)CCCCCCO[C@H]1CC[C@H](N(C)S(=O)(=O)c2ccc(Cl)c(Cl)c2)CC1. The van der Waals surface area contributed by atoms with E-state index in [9.17, 15) is 8.42 Å². The molecule has 33 heavy (non-hydrogen) atoms. The molecule has 0 N–H and O–H groups in total. The summed E-state index contributed by atoms with van der Waals surface area (Å²) in [7, 11) is 0.290. The number of unbranched alkanes of at least 4 members (excludes halogenated alkanes) is 5. The highest BCUT2D eigenvalue weighted by molar-refractivity contribution is 7.89. The van der Waals surface area contributed by atoms with Crippen LogP contribution in [0.2, 0.25) is 10.0 Å². The number of halogens is 2. The molecule has 0 radical (unpaired) electrons. The van der Waals surface area contributed by atoms with Gasteiger partial charge in [-0.15, -0.1) is 0 Å². The third kappa shape index (κ3) is 9.65. The highest BCUT2D eigenvalue weighted by Gasteiger charge is 2.32.